The molecule has 130 valence electrons. The van der Waals surface area contributed by atoms with Crippen molar-refractivity contribution in [3.63, 3.8) is 0 Å². The molecule has 4 rings (SSSR count). The molecule has 0 radical (unpaired) electrons. The lowest BCUT2D eigenvalue weighted by atomic mass is 9.84. The molecule has 1 saturated carbocycles. The third-order valence-corrected chi connectivity index (χ3v) is 5.36. The van der Waals surface area contributed by atoms with Crippen LogP contribution >= 0.6 is 27.5 Å². The van der Waals surface area contributed by atoms with Crippen molar-refractivity contribution in [2.24, 2.45) is 7.05 Å². The zero-order chi connectivity index (χ0) is 17.4. The van der Waals surface area contributed by atoms with Gasteiger partial charge in [0.25, 0.3) is 0 Å². The van der Waals surface area contributed by atoms with Crippen molar-refractivity contribution >= 4 is 38.4 Å². The smallest absolute Gasteiger partial charge is 0.224 e. The third-order valence-electron chi connectivity index (χ3n) is 4.73. The van der Waals surface area contributed by atoms with Crippen molar-refractivity contribution in [3.8, 4) is 5.88 Å². The molecule has 0 aromatic carbocycles. The van der Waals surface area contributed by atoms with Gasteiger partial charge in [-0.25, -0.2) is 4.98 Å². The normalized spacial score (nSPS) is 20.8. The van der Waals surface area contributed by atoms with Gasteiger partial charge < -0.3 is 4.74 Å². The van der Waals surface area contributed by atoms with E-state index in [1.54, 1.807) is 12.3 Å². The zero-order valence-corrected chi connectivity index (χ0v) is 16.2. The molecule has 0 atom stereocenters. The Morgan fingerprint density at radius 1 is 1.20 bits per heavy atom. The summed E-state index contributed by atoms with van der Waals surface area (Å²) >= 11 is 9.59. The Hall–Kier alpha value is -1.66. The van der Waals surface area contributed by atoms with E-state index in [-0.39, 0.29) is 6.10 Å². The van der Waals surface area contributed by atoms with Crippen LogP contribution < -0.4 is 4.74 Å². The molecule has 3 heterocycles. The zero-order valence-electron chi connectivity index (χ0n) is 13.8. The standard InChI is InChI=1S/C18H18BrClN4O/c1-24-10-12(8-22-24)11-2-4-14(5-3-11)25-18-15-6-13(19)9-21-16(15)7-17(20)23-18/h6-11,14H,2-5H2,1H3/t11-,14+. The SMILES string of the molecule is Cn1cc([C@H]2CC[C@@H](Oc3nc(Cl)cc4ncc(Br)cc34)CC2)cn1. The quantitative estimate of drug-likeness (QED) is 0.565. The summed E-state index contributed by atoms with van der Waals surface area (Å²) in [5, 5.41) is 5.57. The molecule has 1 aliphatic rings. The number of ether oxygens (including phenoxy) is 1. The molecule has 0 spiro atoms. The summed E-state index contributed by atoms with van der Waals surface area (Å²) in [6, 6.07) is 3.73. The van der Waals surface area contributed by atoms with Gasteiger partial charge in [-0.1, -0.05) is 11.6 Å². The number of hydrogen-bond donors (Lipinski definition) is 0. The molecule has 0 saturated heterocycles. The van der Waals surface area contributed by atoms with Gasteiger partial charge in [-0.15, -0.1) is 0 Å². The highest BCUT2D eigenvalue weighted by Crippen LogP contribution is 2.36. The van der Waals surface area contributed by atoms with E-state index in [2.05, 4.69) is 37.2 Å². The lowest BCUT2D eigenvalue weighted by Crippen LogP contribution is -2.23. The predicted octanol–water partition coefficient (Wildman–Crippen LogP) is 4.88. The summed E-state index contributed by atoms with van der Waals surface area (Å²) in [7, 11) is 1.96. The van der Waals surface area contributed by atoms with E-state index in [1.807, 2.05) is 24.0 Å². The number of hydrogen-bond acceptors (Lipinski definition) is 4. The lowest BCUT2D eigenvalue weighted by Gasteiger charge is -2.28. The van der Waals surface area contributed by atoms with Crippen LogP contribution in [0.1, 0.15) is 37.2 Å². The number of rotatable bonds is 3. The minimum absolute atomic E-state index is 0.154. The maximum atomic E-state index is 6.22. The number of halogens is 2. The van der Waals surface area contributed by atoms with Gasteiger partial charge >= 0.3 is 0 Å². The Kier molecular flexibility index (Phi) is 4.65. The predicted molar refractivity (Wildman–Crippen MR) is 101 cm³/mol. The van der Waals surface area contributed by atoms with Crippen LogP contribution in [0, 0.1) is 0 Å². The van der Waals surface area contributed by atoms with Crippen molar-refractivity contribution in [1.29, 1.82) is 0 Å². The summed E-state index contributed by atoms with van der Waals surface area (Å²) in [6.07, 6.45) is 10.2. The fraction of sp³-hybridized carbons (Fsp3) is 0.389. The summed E-state index contributed by atoms with van der Waals surface area (Å²) in [6.45, 7) is 0. The van der Waals surface area contributed by atoms with E-state index in [0.29, 0.717) is 17.0 Å². The first-order valence-corrected chi connectivity index (χ1v) is 9.52. The minimum Gasteiger partial charge on any atom is -0.474 e. The van der Waals surface area contributed by atoms with Gasteiger partial charge in [-0.3, -0.25) is 9.67 Å². The van der Waals surface area contributed by atoms with Gasteiger partial charge in [-0.05, 0) is 59.2 Å². The van der Waals surface area contributed by atoms with Crippen molar-refractivity contribution in [2.45, 2.75) is 37.7 Å². The van der Waals surface area contributed by atoms with Crippen LogP contribution in [0.15, 0.2) is 35.2 Å². The number of aromatic nitrogens is 4. The van der Waals surface area contributed by atoms with Crippen molar-refractivity contribution < 1.29 is 4.74 Å². The first-order valence-electron chi connectivity index (χ1n) is 8.35. The molecule has 0 bridgehead atoms. The van der Waals surface area contributed by atoms with Gasteiger partial charge in [-0.2, -0.15) is 5.10 Å². The Bertz CT molecular complexity index is 905. The van der Waals surface area contributed by atoms with Gasteiger partial charge in [0.05, 0.1) is 17.1 Å². The van der Waals surface area contributed by atoms with Gasteiger partial charge in [0.1, 0.15) is 11.3 Å². The molecule has 3 aromatic rings. The second-order valence-corrected chi connectivity index (χ2v) is 7.81. The summed E-state index contributed by atoms with van der Waals surface area (Å²) in [5.74, 6) is 1.13. The maximum absolute atomic E-state index is 6.22. The van der Waals surface area contributed by atoms with Gasteiger partial charge in [0.2, 0.25) is 5.88 Å². The monoisotopic (exact) mass is 420 g/mol. The molecular weight excluding hydrogens is 404 g/mol. The Labute approximate surface area is 159 Å². The van der Waals surface area contributed by atoms with Crippen LogP contribution in [0.2, 0.25) is 5.15 Å². The fourth-order valence-electron chi connectivity index (χ4n) is 3.45. The molecule has 25 heavy (non-hydrogen) atoms. The highest BCUT2D eigenvalue weighted by atomic mass is 79.9. The van der Waals surface area contributed by atoms with E-state index in [9.17, 15) is 0 Å². The van der Waals surface area contributed by atoms with E-state index in [0.717, 1.165) is 41.1 Å². The van der Waals surface area contributed by atoms with Crippen molar-refractivity contribution in [2.75, 3.05) is 0 Å². The molecule has 0 unspecified atom stereocenters. The second kappa shape index (κ2) is 6.92. The largest absolute Gasteiger partial charge is 0.474 e. The summed E-state index contributed by atoms with van der Waals surface area (Å²) in [5.41, 5.74) is 2.11. The van der Waals surface area contributed by atoms with Crippen LogP contribution in [0.5, 0.6) is 5.88 Å². The van der Waals surface area contributed by atoms with Gasteiger partial charge in [0, 0.05) is 30.0 Å². The van der Waals surface area contributed by atoms with E-state index in [1.165, 1.54) is 5.56 Å². The van der Waals surface area contributed by atoms with Crippen LogP contribution in [-0.4, -0.2) is 25.9 Å². The van der Waals surface area contributed by atoms with Crippen molar-refractivity contribution in [1.82, 2.24) is 19.7 Å². The molecular formula is C18H18BrClN4O. The molecule has 0 N–H and O–H groups in total. The topological polar surface area (TPSA) is 52.8 Å². The van der Waals surface area contributed by atoms with Crippen LogP contribution in [0.25, 0.3) is 10.9 Å². The molecule has 0 amide bonds. The summed E-state index contributed by atoms with van der Waals surface area (Å²) in [4.78, 5) is 8.77. The maximum Gasteiger partial charge on any atom is 0.224 e. The van der Waals surface area contributed by atoms with E-state index >= 15 is 0 Å². The molecule has 1 aliphatic carbocycles. The minimum atomic E-state index is 0.154. The Balaban J connectivity index is 1.50. The van der Waals surface area contributed by atoms with Crippen LogP contribution in [0.4, 0.5) is 0 Å². The first-order chi connectivity index (χ1) is 12.1. The molecule has 7 heteroatoms. The first kappa shape index (κ1) is 16.8. The van der Waals surface area contributed by atoms with E-state index < -0.39 is 0 Å². The second-order valence-electron chi connectivity index (χ2n) is 6.51. The number of nitrogens with zero attached hydrogens (tertiary/aromatic N) is 4. The average Bonchev–Trinajstić information content (AvgIpc) is 3.02. The Morgan fingerprint density at radius 2 is 2.00 bits per heavy atom. The average molecular weight is 422 g/mol. The van der Waals surface area contributed by atoms with Crippen LogP contribution in [-0.2, 0) is 7.05 Å². The number of aryl methyl sites for hydroxylation is 1. The molecule has 5 nitrogen and oxygen atoms in total. The molecule has 0 aliphatic heterocycles. The van der Waals surface area contributed by atoms with Crippen molar-refractivity contribution in [3.05, 3.63) is 45.9 Å². The summed E-state index contributed by atoms with van der Waals surface area (Å²) < 4.78 is 8.98. The van der Waals surface area contributed by atoms with Gasteiger partial charge in [0.15, 0.2) is 0 Å². The fourth-order valence-corrected chi connectivity index (χ4v) is 3.96. The highest BCUT2D eigenvalue weighted by Gasteiger charge is 2.25. The van der Waals surface area contributed by atoms with Crippen LogP contribution in [0.3, 0.4) is 0 Å². The Morgan fingerprint density at radius 3 is 2.72 bits per heavy atom. The number of fused-ring (bicyclic) bond motifs is 1. The third kappa shape index (κ3) is 3.65. The highest BCUT2D eigenvalue weighted by molar-refractivity contribution is 9.10. The van der Waals surface area contributed by atoms with E-state index in [4.69, 9.17) is 16.3 Å². The lowest BCUT2D eigenvalue weighted by molar-refractivity contribution is 0.142. The molecule has 1 fully saturated rings. The molecule has 3 aromatic heterocycles. The number of pyridine rings is 2.